The van der Waals surface area contributed by atoms with Gasteiger partial charge in [0.1, 0.15) is 0 Å². The maximum atomic E-state index is 12.0. The lowest BCUT2D eigenvalue weighted by atomic mass is 10.1. The molecule has 0 saturated carbocycles. The Morgan fingerprint density at radius 3 is 2.74 bits per heavy atom. The third-order valence-corrected chi connectivity index (χ3v) is 3.68. The summed E-state index contributed by atoms with van der Waals surface area (Å²) in [4.78, 5) is 17.1. The minimum atomic E-state index is -3.75. The Hall–Kier alpha value is -2.35. The highest BCUT2D eigenvalue weighted by atomic mass is 32.2. The third-order valence-electron chi connectivity index (χ3n) is 2.39. The zero-order valence-corrected chi connectivity index (χ0v) is 10.6. The van der Waals surface area contributed by atoms with Gasteiger partial charge in [-0.25, -0.2) is 4.98 Å². The average molecular weight is 280 g/mol. The van der Waals surface area contributed by atoms with Crippen molar-refractivity contribution in [1.82, 2.24) is 9.97 Å². The second-order valence-corrected chi connectivity index (χ2v) is 5.47. The molecule has 4 N–H and O–H groups in total. The molecule has 19 heavy (non-hydrogen) atoms. The van der Waals surface area contributed by atoms with Crippen LogP contribution in [0.15, 0.2) is 41.8 Å². The van der Waals surface area contributed by atoms with Crippen molar-refractivity contribution in [3.05, 3.63) is 42.4 Å². The first-order valence-electron chi connectivity index (χ1n) is 5.36. The van der Waals surface area contributed by atoms with Crippen molar-refractivity contribution in [3.8, 4) is 0 Å². The molecule has 0 aliphatic carbocycles. The monoisotopic (exact) mass is 280 g/mol. The molecule has 2 aromatic rings. The molecule has 2 rings (SSSR count). The lowest BCUT2D eigenvalue weighted by Crippen LogP contribution is -2.18. The van der Waals surface area contributed by atoms with Crippen molar-refractivity contribution in [3.63, 3.8) is 0 Å². The molecule has 1 amide bonds. The molecule has 0 spiro atoms. The van der Waals surface area contributed by atoms with Crippen molar-refractivity contribution in [2.75, 3.05) is 4.72 Å². The predicted octanol–water partition coefficient (Wildman–Crippen LogP) is 0.238. The van der Waals surface area contributed by atoms with E-state index < -0.39 is 15.9 Å². The summed E-state index contributed by atoms with van der Waals surface area (Å²) in [5, 5.41) is -0.0543. The summed E-state index contributed by atoms with van der Waals surface area (Å²) in [5.74, 6) is -0.534. The van der Waals surface area contributed by atoms with Gasteiger partial charge in [-0.15, -0.1) is 0 Å². The number of amides is 1. The molecule has 0 fully saturated rings. The Kier molecular flexibility index (Phi) is 3.52. The number of H-pyrrole nitrogens is 1. The number of aromatic amines is 1. The number of sulfonamides is 1. The fraction of sp³-hybridized carbons (Fsp3) is 0.0909. The van der Waals surface area contributed by atoms with Gasteiger partial charge in [-0.05, 0) is 11.6 Å². The van der Waals surface area contributed by atoms with Crippen molar-refractivity contribution >= 4 is 21.6 Å². The lowest BCUT2D eigenvalue weighted by molar-refractivity contribution is -0.117. The summed E-state index contributed by atoms with van der Waals surface area (Å²) in [6.45, 7) is 0. The van der Waals surface area contributed by atoms with Crippen LogP contribution in [0.3, 0.4) is 0 Å². The number of anilines is 1. The smallest absolute Gasteiger partial charge is 0.278 e. The summed E-state index contributed by atoms with van der Waals surface area (Å²) in [6.07, 6.45) is 2.42. The van der Waals surface area contributed by atoms with Crippen molar-refractivity contribution in [2.24, 2.45) is 5.73 Å². The Morgan fingerprint density at radius 2 is 2.11 bits per heavy atom. The summed E-state index contributed by atoms with van der Waals surface area (Å²) in [7, 11) is -3.75. The van der Waals surface area contributed by atoms with Crippen molar-refractivity contribution in [2.45, 2.75) is 11.4 Å². The highest BCUT2D eigenvalue weighted by molar-refractivity contribution is 7.92. The Balaban J connectivity index is 2.31. The van der Waals surface area contributed by atoms with E-state index in [-0.39, 0.29) is 11.4 Å². The molecule has 100 valence electrons. The Morgan fingerprint density at radius 1 is 1.37 bits per heavy atom. The summed E-state index contributed by atoms with van der Waals surface area (Å²) < 4.78 is 26.4. The van der Waals surface area contributed by atoms with Crippen molar-refractivity contribution < 1.29 is 13.2 Å². The largest absolute Gasteiger partial charge is 0.369 e. The number of hydrogen-bond acceptors (Lipinski definition) is 4. The van der Waals surface area contributed by atoms with Crippen LogP contribution in [0.1, 0.15) is 5.56 Å². The molecular weight excluding hydrogens is 268 g/mol. The number of imidazole rings is 1. The number of nitrogens with two attached hydrogens (primary N) is 1. The number of hydrogen-bond donors (Lipinski definition) is 3. The van der Waals surface area contributed by atoms with Gasteiger partial charge in [0.05, 0.1) is 24.6 Å². The molecule has 0 aliphatic heterocycles. The summed E-state index contributed by atoms with van der Waals surface area (Å²) in [6, 6.07) is 6.56. The number of para-hydroxylation sites is 1. The highest BCUT2D eigenvalue weighted by Crippen LogP contribution is 2.19. The van der Waals surface area contributed by atoms with Gasteiger partial charge in [0.2, 0.25) is 5.91 Å². The Bertz CT molecular complexity index is 680. The molecule has 1 aromatic carbocycles. The van der Waals surface area contributed by atoms with Gasteiger partial charge < -0.3 is 10.7 Å². The van der Waals surface area contributed by atoms with E-state index in [1.165, 1.54) is 12.5 Å². The van der Waals surface area contributed by atoms with E-state index >= 15 is 0 Å². The van der Waals surface area contributed by atoms with E-state index in [0.717, 1.165) is 0 Å². The molecule has 0 atom stereocenters. The molecule has 8 heteroatoms. The molecule has 1 heterocycles. The third kappa shape index (κ3) is 3.10. The molecule has 0 bridgehead atoms. The predicted molar refractivity (Wildman–Crippen MR) is 68.7 cm³/mol. The fourth-order valence-corrected chi connectivity index (χ4v) is 2.56. The fourth-order valence-electron chi connectivity index (χ4n) is 1.55. The van der Waals surface area contributed by atoms with Crippen LogP contribution in [0.2, 0.25) is 0 Å². The van der Waals surface area contributed by atoms with E-state index in [9.17, 15) is 13.2 Å². The summed E-state index contributed by atoms with van der Waals surface area (Å²) >= 11 is 0. The quantitative estimate of drug-likeness (QED) is 0.726. The van der Waals surface area contributed by atoms with Crippen molar-refractivity contribution in [1.29, 1.82) is 0 Å². The van der Waals surface area contributed by atoms with E-state index in [4.69, 9.17) is 5.73 Å². The van der Waals surface area contributed by atoms with E-state index in [0.29, 0.717) is 11.3 Å². The minimum Gasteiger partial charge on any atom is -0.369 e. The van der Waals surface area contributed by atoms with Gasteiger partial charge in [-0.3, -0.25) is 9.52 Å². The van der Waals surface area contributed by atoms with Crippen LogP contribution in [0.5, 0.6) is 0 Å². The number of nitrogens with one attached hydrogen (secondary N) is 2. The maximum absolute atomic E-state index is 12.0. The van der Waals surface area contributed by atoms with Crippen LogP contribution < -0.4 is 10.5 Å². The molecule has 7 nitrogen and oxygen atoms in total. The first kappa shape index (κ1) is 13.1. The first-order chi connectivity index (χ1) is 8.99. The zero-order chi connectivity index (χ0) is 13.9. The van der Waals surface area contributed by atoms with Gasteiger partial charge in [0, 0.05) is 0 Å². The van der Waals surface area contributed by atoms with Gasteiger partial charge in [0.15, 0.2) is 5.03 Å². The molecule has 0 aliphatic rings. The number of carbonyl (C=O) groups excluding carboxylic acids is 1. The number of carbonyl (C=O) groups is 1. The van der Waals surface area contributed by atoms with Crippen LogP contribution in [-0.2, 0) is 21.2 Å². The Labute approximate surface area is 109 Å². The second kappa shape index (κ2) is 5.11. The average Bonchev–Trinajstić information content (AvgIpc) is 2.85. The lowest BCUT2D eigenvalue weighted by Gasteiger charge is -2.10. The van der Waals surface area contributed by atoms with Gasteiger partial charge in [-0.1, -0.05) is 18.2 Å². The second-order valence-electron chi connectivity index (χ2n) is 3.82. The maximum Gasteiger partial charge on any atom is 0.278 e. The SMILES string of the molecule is NC(=O)Cc1ccccc1NS(=O)(=O)c1cnc[nH]1. The molecule has 0 saturated heterocycles. The molecule has 1 aromatic heterocycles. The van der Waals surface area contributed by atoms with Gasteiger partial charge >= 0.3 is 0 Å². The highest BCUT2D eigenvalue weighted by Gasteiger charge is 2.17. The number of rotatable bonds is 5. The van der Waals surface area contributed by atoms with Crippen LogP contribution in [0, 0.1) is 0 Å². The van der Waals surface area contributed by atoms with E-state index in [1.807, 2.05) is 0 Å². The topological polar surface area (TPSA) is 118 Å². The number of benzene rings is 1. The normalized spacial score (nSPS) is 11.2. The van der Waals surface area contributed by atoms with Gasteiger partial charge in [-0.2, -0.15) is 8.42 Å². The standard InChI is InChI=1S/C11H12N4O3S/c12-10(16)5-8-3-1-2-4-9(8)15-19(17,18)11-6-13-7-14-11/h1-4,6-7,15H,5H2,(H2,12,16)(H,13,14). The van der Waals surface area contributed by atoms with Crippen LogP contribution in [0.25, 0.3) is 0 Å². The summed E-state index contributed by atoms with van der Waals surface area (Å²) in [5.41, 5.74) is 5.95. The van der Waals surface area contributed by atoms with E-state index in [1.54, 1.807) is 24.3 Å². The molecule has 0 unspecified atom stereocenters. The number of aromatic nitrogens is 2. The number of primary amides is 1. The van der Waals surface area contributed by atoms with Gasteiger partial charge in [0.25, 0.3) is 10.0 Å². The minimum absolute atomic E-state index is 0.0400. The molecule has 0 radical (unpaired) electrons. The van der Waals surface area contributed by atoms with Crippen LogP contribution >= 0.6 is 0 Å². The first-order valence-corrected chi connectivity index (χ1v) is 6.85. The zero-order valence-electron chi connectivity index (χ0n) is 9.83. The van der Waals surface area contributed by atoms with E-state index in [2.05, 4.69) is 14.7 Å². The van der Waals surface area contributed by atoms with Crippen LogP contribution in [-0.4, -0.2) is 24.3 Å². The van der Waals surface area contributed by atoms with Crippen LogP contribution in [0.4, 0.5) is 5.69 Å². The molecular formula is C11H12N4O3S. The number of nitrogens with zero attached hydrogens (tertiary/aromatic N) is 1.